The summed E-state index contributed by atoms with van der Waals surface area (Å²) in [4.78, 5) is 22.4. The van der Waals surface area contributed by atoms with Crippen molar-refractivity contribution in [1.29, 1.82) is 0 Å². The summed E-state index contributed by atoms with van der Waals surface area (Å²) >= 11 is 0. The Balaban J connectivity index is 3.26. The fraction of sp³-hybridized carbons (Fsp3) is 0.364. The van der Waals surface area contributed by atoms with E-state index in [0.29, 0.717) is 13.2 Å². The second kappa shape index (κ2) is 6.10. The molecule has 1 aromatic carbocycles. The van der Waals surface area contributed by atoms with E-state index in [4.69, 9.17) is 9.84 Å². The molecule has 0 heterocycles. The number of methoxy groups -OCH3 is 1. The van der Waals surface area contributed by atoms with Gasteiger partial charge < -0.3 is 14.7 Å². The maximum Gasteiger partial charge on any atom is 0.338 e. The van der Waals surface area contributed by atoms with E-state index in [0.717, 1.165) is 12.1 Å². The van der Waals surface area contributed by atoms with Crippen molar-refractivity contribution < 1.29 is 24.0 Å². The molecule has 0 fully saturated rings. The molecular formula is C11H13FN2O5. The molecule has 0 aliphatic rings. The van der Waals surface area contributed by atoms with Gasteiger partial charge in [0, 0.05) is 32.8 Å². The first-order valence-electron chi connectivity index (χ1n) is 5.29. The van der Waals surface area contributed by atoms with Crippen LogP contribution in [0.1, 0.15) is 10.4 Å². The first-order valence-corrected chi connectivity index (χ1v) is 5.29. The highest BCUT2D eigenvalue weighted by atomic mass is 19.1. The average Bonchev–Trinajstić information content (AvgIpc) is 2.34. The molecule has 7 nitrogen and oxygen atoms in total. The SMILES string of the molecule is COCCN(C)c1cc(F)c(C(=O)O)cc1[N+](=O)[O-]. The van der Waals surface area contributed by atoms with E-state index in [1.54, 1.807) is 0 Å². The molecular weight excluding hydrogens is 259 g/mol. The lowest BCUT2D eigenvalue weighted by atomic mass is 10.1. The Morgan fingerprint density at radius 3 is 2.68 bits per heavy atom. The summed E-state index contributed by atoms with van der Waals surface area (Å²) < 4.78 is 18.4. The highest BCUT2D eigenvalue weighted by Crippen LogP contribution is 2.30. The van der Waals surface area contributed by atoms with Gasteiger partial charge >= 0.3 is 5.97 Å². The molecule has 0 aliphatic carbocycles. The van der Waals surface area contributed by atoms with Crippen LogP contribution in [0.3, 0.4) is 0 Å². The fourth-order valence-electron chi connectivity index (χ4n) is 1.52. The van der Waals surface area contributed by atoms with Gasteiger partial charge in [0.25, 0.3) is 5.69 Å². The normalized spacial score (nSPS) is 10.3. The van der Waals surface area contributed by atoms with Crippen molar-refractivity contribution >= 4 is 17.3 Å². The summed E-state index contributed by atoms with van der Waals surface area (Å²) in [5.41, 5.74) is -1.18. The van der Waals surface area contributed by atoms with Gasteiger partial charge in [-0.25, -0.2) is 9.18 Å². The summed E-state index contributed by atoms with van der Waals surface area (Å²) in [5.74, 6) is -2.57. The maximum absolute atomic E-state index is 13.6. The lowest BCUT2D eigenvalue weighted by Crippen LogP contribution is -2.23. The third-order valence-corrected chi connectivity index (χ3v) is 2.53. The number of ether oxygens (including phenoxy) is 1. The van der Waals surface area contributed by atoms with E-state index in [1.807, 2.05) is 0 Å². The number of nitro groups is 1. The van der Waals surface area contributed by atoms with Crippen LogP contribution in [0.2, 0.25) is 0 Å². The number of carboxylic acids is 1. The average molecular weight is 272 g/mol. The minimum Gasteiger partial charge on any atom is -0.478 e. The van der Waals surface area contributed by atoms with Gasteiger partial charge in [-0.2, -0.15) is 0 Å². The standard InChI is InChI=1S/C11H13FN2O5/c1-13(3-4-19-2)9-6-8(12)7(11(15)16)5-10(9)14(17)18/h5-6H,3-4H2,1-2H3,(H,15,16). The predicted octanol–water partition coefficient (Wildman–Crippen LogP) is 1.51. The van der Waals surface area contributed by atoms with Crippen LogP contribution < -0.4 is 4.90 Å². The van der Waals surface area contributed by atoms with Crippen LogP contribution in [0.15, 0.2) is 12.1 Å². The molecule has 0 aliphatic heterocycles. The Morgan fingerprint density at radius 2 is 2.21 bits per heavy atom. The van der Waals surface area contributed by atoms with E-state index in [-0.39, 0.29) is 5.69 Å². The van der Waals surface area contributed by atoms with Crippen molar-refractivity contribution in [3.8, 4) is 0 Å². The van der Waals surface area contributed by atoms with Crippen LogP contribution in [0.25, 0.3) is 0 Å². The van der Waals surface area contributed by atoms with Crippen molar-refractivity contribution in [2.45, 2.75) is 0 Å². The first-order chi connectivity index (χ1) is 8.88. The van der Waals surface area contributed by atoms with Crippen LogP contribution in [0, 0.1) is 15.9 Å². The minimum absolute atomic E-state index is 0.00421. The van der Waals surface area contributed by atoms with Crippen molar-refractivity contribution in [3.63, 3.8) is 0 Å². The van der Waals surface area contributed by atoms with Crippen molar-refractivity contribution in [3.05, 3.63) is 33.6 Å². The zero-order chi connectivity index (χ0) is 14.6. The summed E-state index contributed by atoms with van der Waals surface area (Å²) in [7, 11) is 3.00. The third-order valence-electron chi connectivity index (χ3n) is 2.53. The van der Waals surface area contributed by atoms with Crippen LogP contribution in [-0.4, -0.2) is 43.3 Å². The Bertz CT molecular complexity index is 506. The molecule has 19 heavy (non-hydrogen) atoms. The van der Waals surface area contributed by atoms with Gasteiger partial charge in [0.2, 0.25) is 0 Å². The van der Waals surface area contributed by atoms with E-state index >= 15 is 0 Å². The Kier molecular flexibility index (Phi) is 4.76. The number of nitro benzene ring substituents is 1. The van der Waals surface area contributed by atoms with Gasteiger partial charge in [-0.1, -0.05) is 0 Å². The molecule has 1 aromatic rings. The van der Waals surface area contributed by atoms with Crippen LogP contribution in [-0.2, 0) is 4.74 Å². The maximum atomic E-state index is 13.6. The molecule has 8 heteroatoms. The number of carboxylic acid groups (broad SMARTS) is 1. The molecule has 0 atom stereocenters. The minimum atomic E-state index is -1.55. The van der Waals surface area contributed by atoms with Gasteiger partial charge in [0.1, 0.15) is 17.1 Å². The highest BCUT2D eigenvalue weighted by molar-refractivity contribution is 5.90. The number of aromatic carboxylic acids is 1. The number of halogens is 1. The monoisotopic (exact) mass is 272 g/mol. The van der Waals surface area contributed by atoms with Gasteiger partial charge in [-0.05, 0) is 0 Å². The number of nitrogens with zero attached hydrogens (tertiary/aromatic N) is 2. The van der Waals surface area contributed by atoms with Crippen molar-refractivity contribution in [2.24, 2.45) is 0 Å². The molecule has 1 N–H and O–H groups in total. The molecule has 0 saturated heterocycles. The van der Waals surface area contributed by atoms with E-state index < -0.39 is 28.0 Å². The number of carbonyl (C=O) groups is 1. The Morgan fingerprint density at radius 1 is 1.58 bits per heavy atom. The summed E-state index contributed by atoms with van der Waals surface area (Å²) in [5, 5.41) is 19.7. The molecule has 0 aromatic heterocycles. The molecule has 0 unspecified atom stereocenters. The zero-order valence-electron chi connectivity index (χ0n) is 10.4. The fourth-order valence-corrected chi connectivity index (χ4v) is 1.52. The zero-order valence-corrected chi connectivity index (χ0v) is 10.4. The topological polar surface area (TPSA) is 92.9 Å². The van der Waals surface area contributed by atoms with Gasteiger partial charge in [-0.3, -0.25) is 10.1 Å². The van der Waals surface area contributed by atoms with E-state index in [1.165, 1.54) is 19.1 Å². The van der Waals surface area contributed by atoms with Gasteiger partial charge in [0.05, 0.1) is 11.5 Å². The number of likely N-dealkylation sites (N-methyl/N-ethyl adjacent to an activating group) is 1. The smallest absolute Gasteiger partial charge is 0.338 e. The number of hydrogen-bond donors (Lipinski definition) is 1. The van der Waals surface area contributed by atoms with Crippen LogP contribution >= 0.6 is 0 Å². The Labute approximate surface area is 108 Å². The molecule has 1 rings (SSSR count). The van der Waals surface area contributed by atoms with Gasteiger partial charge in [-0.15, -0.1) is 0 Å². The molecule has 0 bridgehead atoms. The summed E-state index contributed by atoms with van der Waals surface area (Å²) in [6.07, 6.45) is 0. The molecule has 0 spiro atoms. The number of anilines is 1. The lowest BCUT2D eigenvalue weighted by molar-refractivity contribution is -0.384. The molecule has 0 amide bonds. The van der Waals surface area contributed by atoms with Crippen molar-refractivity contribution in [2.75, 3.05) is 32.2 Å². The number of rotatable bonds is 6. The molecule has 0 saturated carbocycles. The summed E-state index contributed by atoms with van der Waals surface area (Å²) in [6, 6.07) is 1.56. The predicted molar refractivity (Wildman–Crippen MR) is 65.2 cm³/mol. The van der Waals surface area contributed by atoms with E-state index in [2.05, 4.69) is 0 Å². The second-order valence-corrected chi connectivity index (χ2v) is 3.80. The summed E-state index contributed by atoms with van der Waals surface area (Å²) in [6.45, 7) is 0.610. The largest absolute Gasteiger partial charge is 0.478 e. The van der Waals surface area contributed by atoms with Crippen LogP contribution in [0.4, 0.5) is 15.8 Å². The molecule has 104 valence electrons. The van der Waals surface area contributed by atoms with E-state index in [9.17, 15) is 19.3 Å². The van der Waals surface area contributed by atoms with Crippen molar-refractivity contribution in [1.82, 2.24) is 0 Å². The molecule has 0 radical (unpaired) electrons. The number of hydrogen-bond acceptors (Lipinski definition) is 5. The quantitative estimate of drug-likeness (QED) is 0.623. The second-order valence-electron chi connectivity index (χ2n) is 3.80. The first kappa shape index (κ1) is 14.8. The van der Waals surface area contributed by atoms with Crippen LogP contribution in [0.5, 0.6) is 0 Å². The lowest BCUT2D eigenvalue weighted by Gasteiger charge is -2.19. The Hall–Kier alpha value is -2.22. The third kappa shape index (κ3) is 3.38. The van der Waals surface area contributed by atoms with Gasteiger partial charge in [0.15, 0.2) is 0 Å². The number of benzene rings is 1. The highest BCUT2D eigenvalue weighted by Gasteiger charge is 2.23.